The van der Waals surface area contributed by atoms with E-state index in [0.717, 1.165) is 22.7 Å². The molecule has 0 fully saturated rings. The van der Waals surface area contributed by atoms with Crippen LogP contribution in [0.4, 0.5) is 34.1 Å². The predicted molar refractivity (Wildman–Crippen MR) is 180 cm³/mol. The molecule has 0 aromatic heterocycles. The van der Waals surface area contributed by atoms with Crippen molar-refractivity contribution in [2.45, 2.75) is 27.7 Å². The Bertz CT molecular complexity index is 1610. The van der Waals surface area contributed by atoms with Gasteiger partial charge in [-0.15, -0.1) is 0 Å². The van der Waals surface area contributed by atoms with Crippen molar-refractivity contribution in [1.82, 2.24) is 0 Å². The van der Waals surface area contributed by atoms with Gasteiger partial charge in [-0.1, -0.05) is 72.8 Å². The first-order valence-corrected chi connectivity index (χ1v) is 14.5. The van der Waals surface area contributed by atoms with Crippen LogP contribution in [0.15, 0.2) is 146 Å². The average Bonchev–Trinajstić information content (AvgIpc) is 2.98. The van der Waals surface area contributed by atoms with Gasteiger partial charge in [0, 0.05) is 34.1 Å². The van der Waals surface area contributed by atoms with Crippen LogP contribution in [0.1, 0.15) is 22.3 Å². The summed E-state index contributed by atoms with van der Waals surface area (Å²) in [5.74, 6) is 0. The van der Waals surface area contributed by atoms with Gasteiger partial charge in [0.25, 0.3) is 0 Å². The van der Waals surface area contributed by atoms with E-state index >= 15 is 0 Å². The smallest absolute Gasteiger partial charge is 0.0466 e. The van der Waals surface area contributed by atoms with Crippen molar-refractivity contribution in [3.05, 3.63) is 168 Å². The molecule has 2 nitrogen and oxygen atoms in total. The SMILES string of the molecule is Cc1cc(C)cc(N(c2ccccc2)c2ccc(-c3ccc(N(c4ccccc4)c4cc(C)cc(C)c4)cc3)cc2)c1. The van der Waals surface area contributed by atoms with E-state index < -0.39 is 0 Å². The van der Waals surface area contributed by atoms with Gasteiger partial charge < -0.3 is 9.80 Å². The molecule has 6 aromatic carbocycles. The van der Waals surface area contributed by atoms with Crippen LogP contribution < -0.4 is 9.80 Å². The first-order chi connectivity index (χ1) is 20.4. The van der Waals surface area contributed by atoms with Crippen LogP contribution in [0.2, 0.25) is 0 Å². The normalized spacial score (nSPS) is 10.9. The van der Waals surface area contributed by atoms with Crippen LogP contribution in [0.5, 0.6) is 0 Å². The quantitative estimate of drug-likeness (QED) is 0.197. The molecule has 0 radical (unpaired) electrons. The Morgan fingerprint density at radius 1 is 0.286 bits per heavy atom. The lowest BCUT2D eigenvalue weighted by molar-refractivity contribution is 1.25. The lowest BCUT2D eigenvalue weighted by atomic mass is 10.0. The van der Waals surface area contributed by atoms with Gasteiger partial charge in [0.1, 0.15) is 0 Å². The third-order valence-corrected chi connectivity index (χ3v) is 7.54. The Hall–Kier alpha value is -5.08. The number of benzene rings is 6. The maximum Gasteiger partial charge on any atom is 0.0466 e. The highest BCUT2D eigenvalue weighted by Crippen LogP contribution is 2.38. The molecule has 0 unspecified atom stereocenters. The summed E-state index contributed by atoms with van der Waals surface area (Å²) in [7, 11) is 0. The van der Waals surface area contributed by atoms with Crippen molar-refractivity contribution >= 4 is 34.1 Å². The van der Waals surface area contributed by atoms with E-state index in [2.05, 4.69) is 183 Å². The minimum Gasteiger partial charge on any atom is -0.310 e. The molecule has 0 aliphatic carbocycles. The molecule has 0 N–H and O–H groups in total. The van der Waals surface area contributed by atoms with Gasteiger partial charge in [-0.25, -0.2) is 0 Å². The molecule has 0 aliphatic rings. The number of hydrogen-bond acceptors (Lipinski definition) is 2. The van der Waals surface area contributed by atoms with E-state index in [4.69, 9.17) is 0 Å². The molecule has 206 valence electrons. The molecule has 0 amide bonds. The lowest BCUT2D eigenvalue weighted by Gasteiger charge is -2.27. The van der Waals surface area contributed by atoms with Gasteiger partial charge in [-0.05, 0) is 134 Å². The topological polar surface area (TPSA) is 6.48 Å². The molecule has 0 heterocycles. The average molecular weight is 545 g/mol. The highest BCUT2D eigenvalue weighted by Gasteiger charge is 2.15. The van der Waals surface area contributed by atoms with Crippen molar-refractivity contribution in [2.75, 3.05) is 9.80 Å². The third-order valence-electron chi connectivity index (χ3n) is 7.54. The third kappa shape index (κ3) is 5.84. The number of hydrogen-bond donors (Lipinski definition) is 0. The number of aryl methyl sites for hydroxylation is 4. The van der Waals surface area contributed by atoms with E-state index in [1.54, 1.807) is 0 Å². The summed E-state index contributed by atoms with van der Waals surface area (Å²) < 4.78 is 0. The maximum absolute atomic E-state index is 2.33. The maximum atomic E-state index is 2.33. The monoisotopic (exact) mass is 544 g/mol. The van der Waals surface area contributed by atoms with Crippen molar-refractivity contribution in [3.8, 4) is 11.1 Å². The number of rotatable bonds is 7. The van der Waals surface area contributed by atoms with Crippen LogP contribution >= 0.6 is 0 Å². The zero-order valence-electron chi connectivity index (χ0n) is 24.8. The number of anilines is 6. The first kappa shape index (κ1) is 27.1. The fourth-order valence-corrected chi connectivity index (χ4v) is 5.81. The molecule has 0 atom stereocenters. The van der Waals surface area contributed by atoms with Crippen LogP contribution in [0.3, 0.4) is 0 Å². The van der Waals surface area contributed by atoms with E-state index in [1.807, 2.05) is 0 Å². The van der Waals surface area contributed by atoms with Crippen molar-refractivity contribution < 1.29 is 0 Å². The summed E-state index contributed by atoms with van der Waals surface area (Å²) in [5.41, 5.74) is 14.3. The molecule has 0 saturated heterocycles. The highest BCUT2D eigenvalue weighted by atomic mass is 15.1. The van der Waals surface area contributed by atoms with Crippen LogP contribution in [0, 0.1) is 27.7 Å². The second kappa shape index (κ2) is 11.8. The summed E-state index contributed by atoms with van der Waals surface area (Å²) in [4.78, 5) is 4.66. The largest absolute Gasteiger partial charge is 0.310 e. The molecule has 0 saturated carbocycles. The van der Waals surface area contributed by atoms with Crippen LogP contribution in [-0.4, -0.2) is 0 Å². The molecule has 0 bridgehead atoms. The number of para-hydroxylation sites is 2. The minimum absolute atomic E-state index is 1.14. The summed E-state index contributed by atoms with van der Waals surface area (Å²) in [6, 6.07) is 52.4. The van der Waals surface area contributed by atoms with Gasteiger partial charge in [0.2, 0.25) is 0 Å². The van der Waals surface area contributed by atoms with Gasteiger partial charge >= 0.3 is 0 Å². The second-order valence-corrected chi connectivity index (χ2v) is 11.1. The second-order valence-electron chi connectivity index (χ2n) is 11.1. The van der Waals surface area contributed by atoms with Gasteiger partial charge in [0.15, 0.2) is 0 Å². The molecular formula is C40H36N2. The Kier molecular flexibility index (Phi) is 7.62. The summed E-state index contributed by atoms with van der Waals surface area (Å²) in [6.07, 6.45) is 0. The number of nitrogens with zero attached hydrogens (tertiary/aromatic N) is 2. The Morgan fingerprint density at radius 2 is 0.571 bits per heavy atom. The van der Waals surface area contributed by atoms with Gasteiger partial charge in [0.05, 0.1) is 0 Å². The van der Waals surface area contributed by atoms with Crippen molar-refractivity contribution in [3.63, 3.8) is 0 Å². The zero-order chi connectivity index (χ0) is 29.1. The molecule has 6 rings (SSSR count). The fraction of sp³-hybridized carbons (Fsp3) is 0.100. The lowest BCUT2D eigenvalue weighted by Crippen LogP contribution is -2.10. The standard InChI is InChI=1S/C40H36N2/c1-29-23-30(2)26-39(25-29)41(35-11-7-5-8-12-35)37-19-15-33(16-20-37)34-17-21-38(22-18-34)42(36-13-9-6-10-14-36)40-27-31(3)24-32(4)28-40/h5-28H,1-4H3. The molecule has 6 aromatic rings. The summed E-state index contributed by atoms with van der Waals surface area (Å²) in [5, 5.41) is 0. The summed E-state index contributed by atoms with van der Waals surface area (Å²) in [6.45, 7) is 8.63. The van der Waals surface area contributed by atoms with Crippen molar-refractivity contribution in [2.24, 2.45) is 0 Å². The van der Waals surface area contributed by atoms with E-state index in [0.29, 0.717) is 0 Å². The first-order valence-electron chi connectivity index (χ1n) is 14.5. The Morgan fingerprint density at radius 3 is 0.881 bits per heavy atom. The van der Waals surface area contributed by atoms with E-state index in [-0.39, 0.29) is 0 Å². The van der Waals surface area contributed by atoms with Crippen LogP contribution in [0.25, 0.3) is 11.1 Å². The molecule has 2 heteroatoms. The highest BCUT2D eigenvalue weighted by molar-refractivity contribution is 5.81. The minimum atomic E-state index is 1.14. The molecule has 0 aliphatic heterocycles. The summed E-state index contributed by atoms with van der Waals surface area (Å²) >= 11 is 0. The van der Waals surface area contributed by atoms with Gasteiger partial charge in [-0.2, -0.15) is 0 Å². The fourth-order valence-electron chi connectivity index (χ4n) is 5.81. The molecule has 42 heavy (non-hydrogen) atoms. The zero-order valence-corrected chi connectivity index (χ0v) is 24.8. The predicted octanol–water partition coefficient (Wildman–Crippen LogP) is 11.5. The Balaban J connectivity index is 1.34. The van der Waals surface area contributed by atoms with Gasteiger partial charge in [-0.3, -0.25) is 0 Å². The van der Waals surface area contributed by atoms with Crippen molar-refractivity contribution in [1.29, 1.82) is 0 Å². The Labute approximate surface area is 250 Å². The van der Waals surface area contributed by atoms with Crippen LogP contribution in [-0.2, 0) is 0 Å². The molecular weight excluding hydrogens is 508 g/mol. The van der Waals surface area contributed by atoms with E-state index in [9.17, 15) is 0 Å². The van der Waals surface area contributed by atoms with E-state index in [1.165, 1.54) is 44.8 Å². The molecule has 0 spiro atoms.